The van der Waals surface area contributed by atoms with E-state index in [1.54, 1.807) is 10.5 Å². The number of aryl methyl sites for hydroxylation is 1. The van der Waals surface area contributed by atoms with Gasteiger partial charge in [0.05, 0.1) is 11.9 Å². The first kappa shape index (κ1) is 23.0. The third-order valence-corrected chi connectivity index (χ3v) is 8.48. The Kier molecular flexibility index (Phi) is 7.00. The zero-order valence-corrected chi connectivity index (χ0v) is 19.8. The van der Waals surface area contributed by atoms with Crippen LogP contribution < -0.4 is 0 Å². The van der Waals surface area contributed by atoms with Gasteiger partial charge in [0.1, 0.15) is 5.70 Å². The summed E-state index contributed by atoms with van der Waals surface area (Å²) in [6.45, 7) is 6.05. The number of hydrogen-bond acceptors (Lipinski definition) is 6. The SMILES string of the molecule is Cc1ccccc1CS(=O)(=O)N1CCN(C2=C(OC3CCCC3)C(=O)C(C)CN=C2)CC1. The molecule has 1 atom stereocenters. The first-order valence-electron chi connectivity index (χ1n) is 11.6. The Labute approximate surface area is 191 Å². The van der Waals surface area contributed by atoms with E-state index in [-0.39, 0.29) is 23.6 Å². The van der Waals surface area contributed by atoms with E-state index < -0.39 is 10.0 Å². The van der Waals surface area contributed by atoms with Crippen molar-refractivity contribution in [1.82, 2.24) is 9.21 Å². The molecule has 1 aliphatic carbocycles. The van der Waals surface area contributed by atoms with Gasteiger partial charge in [-0.15, -0.1) is 0 Å². The number of aliphatic imine (C=N–C) groups is 1. The summed E-state index contributed by atoms with van der Waals surface area (Å²) in [4.78, 5) is 19.6. The van der Waals surface area contributed by atoms with Crippen LogP contribution in [0.5, 0.6) is 0 Å². The molecule has 0 N–H and O–H groups in total. The van der Waals surface area contributed by atoms with Crippen molar-refractivity contribution in [3.8, 4) is 0 Å². The van der Waals surface area contributed by atoms with Crippen LogP contribution in [0.15, 0.2) is 40.7 Å². The van der Waals surface area contributed by atoms with Crippen LogP contribution in [0.1, 0.15) is 43.7 Å². The number of carbonyl (C=O) groups is 1. The second-order valence-electron chi connectivity index (χ2n) is 9.07. The molecule has 0 spiro atoms. The van der Waals surface area contributed by atoms with Crippen molar-refractivity contribution < 1.29 is 17.9 Å². The number of ether oxygens (including phenoxy) is 1. The minimum absolute atomic E-state index is 0.000922. The average molecular weight is 460 g/mol. The largest absolute Gasteiger partial charge is 0.484 e. The van der Waals surface area contributed by atoms with Gasteiger partial charge >= 0.3 is 0 Å². The normalized spacial score (nSPS) is 23.6. The summed E-state index contributed by atoms with van der Waals surface area (Å²) in [5, 5.41) is 0. The fraction of sp³-hybridized carbons (Fsp3) is 0.583. The molecule has 2 heterocycles. The van der Waals surface area contributed by atoms with Crippen LogP contribution in [0.2, 0.25) is 0 Å². The smallest absolute Gasteiger partial charge is 0.218 e. The van der Waals surface area contributed by atoms with E-state index in [9.17, 15) is 13.2 Å². The summed E-state index contributed by atoms with van der Waals surface area (Å²) in [6, 6.07) is 7.59. The van der Waals surface area contributed by atoms with Gasteiger partial charge in [0.2, 0.25) is 15.8 Å². The fourth-order valence-corrected chi connectivity index (χ4v) is 6.19. The predicted octanol–water partition coefficient (Wildman–Crippen LogP) is 2.90. The Balaban J connectivity index is 1.49. The molecule has 8 heteroatoms. The Morgan fingerprint density at radius 2 is 1.78 bits per heavy atom. The molecule has 1 unspecified atom stereocenters. The molecule has 1 saturated carbocycles. The molecule has 7 nitrogen and oxygen atoms in total. The Morgan fingerprint density at radius 3 is 2.47 bits per heavy atom. The molecule has 0 bridgehead atoms. The first-order chi connectivity index (χ1) is 15.3. The summed E-state index contributed by atoms with van der Waals surface area (Å²) in [6.07, 6.45) is 6.04. The Bertz CT molecular complexity index is 1000. The number of sulfonamides is 1. The van der Waals surface area contributed by atoms with E-state index in [4.69, 9.17) is 4.74 Å². The maximum atomic E-state index is 13.0. The summed E-state index contributed by atoms with van der Waals surface area (Å²) < 4.78 is 33.8. The lowest BCUT2D eigenvalue weighted by molar-refractivity contribution is -0.123. The number of hydrogen-bond donors (Lipinski definition) is 0. The van der Waals surface area contributed by atoms with Crippen molar-refractivity contribution in [2.24, 2.45) is 10.9 Å². The highest BCUT2D eigenvalue weighted by Crippen LogP contribution is 2.28. The molecule has 174 valence electrons. The van der Waals surface area contributed by atoms with Crippen molar-refractivity contribution in [3.63, 3.8) is 0 Å². The molecule has 1 aromatic rings. The fourth-order valence-electron chi connectivity index (χ4n) is 4.57. The molecule has 4 rings (SSSR count). The van der Waals surface area contributed by atoms with Crippen LogP contribution in [0.25, 0.3) is 0 Å². The molecule has 0 amide bonds. The number of rotatable bonds is 6. The molecule has 0 radical (unpaired) electrons. The lowest BCUT2D eigenvalue weighted by Crippen LogP contribution is -2.49. The molecular weight excluding hydrogens is 426 g/mol. The first-order valence-corrected chi connectivity index (χ1v) is 13.2. The van der Waals surface area contributed by atoms with Gasteiger partial charge < -0.3 is 9.64 Å². The van der Waals surface area contributed by atoms with Crippen LogP contribution in [0.3, 0.4) is 0 Å². The summed E-state index contributed by atoms with van der Waals surface area (Å²) in [5.74, 6) is 0.215. The van der Waals surface area contributed by atoms with E-state index in [0.29, 0.717) is 44.2 Å². The minimum atomic E-state index is -3.41. The van der Waals surface area contributed by atoms with Crippen LogP contribution >= 0.6 is 0 Å². The number of allylic oxidation sites excluding steroid dienone is 2. The monoisotopic (exact) mass is 459 g/mol. The molecule has 1 saturated heterocycles. The molecule has 2 fully saturated rings. The number of carbonyl (C=O) groups excluding carboxylic acids is 1. The van der Waals surface area contributed by atoms with Crippen LogP contribution in [-0.2, 0) is 25.3 Å². The second-order valence-corrected chi connectivity index (χ2v) is 11.0. The van der Waals surface area contributed by atoms with Crippen molar-refractivity contribution >= 4 is 22.0 Å². The molecule has 2 aliphatic heterocycles. The topological polar surface area (TPSA) is 79.3 Å². The third-order valence-electron chi connectivity index (χ3n) is 6.66. The van der Waals surface area contributed by atoms with Gasteiger partial charge in [-0.2, -0.15) is 4.31 Å². The summed E-state index contributed by atoms with van der Waals surface area (Å²) in [5.41, 5.74) is 2.53. The maximum absolute atomic E-state index is 13.0. The molecular formula is C24H33N3O4S. The molecule has 3 aliphatic rings. The number of Topliss-reactive ketones (excluding diaryl/α,β-unsaturated/α-hetero) is 1. The van der Waals surface area contributed by atoms with Crippen molar-refractivity contribution in [2.75, 3.05) is 32.7 Å². The zero-order valence-electron chi connectivity index (χ0n) is 19.0. The molecule has 32 heavy (non-hydrogen) atoms. The maximum Gasteiger partial charge on any atom is 0.218 e. The predicted molar refractivity (Wildman–Crippen MR) is 125 cm³/mol. The van der Waals surface area contributed by atoms with Gasteiger partial charge in [-0.1, -0.05) is 31.2 Å². The lowest BCUT2D eigenvalue weighted by atomic mass is 10.0. The number of nitrogens with zero attached hydrogens (tertiary/aromatic N) is 3. The van der Waals surface area contributed by atoms with Gasteiger partial charge in [0.15, 0.2) is 5.76 Å². The van der Waals surface area contributed by atoms with Gasteiger partial charge in [-0.25, -0.2) is 8.42 Å². The van der Waals surface area contributed by atoms with Gasteiger partial charge in [-0.05, 0) is 43.7 Å². The molecule has 1 aromatic carbocycles. The average Bonchev–Trinajstić information content (AvgIpc) is 3.25. The van der Waals surface area contributed by atoms with E-state index in [1.807, 2.05) is 38.1 Å². The van der Waals surface area contributed by atoms with Crippen LogP contribution in [0.4, 0.5) is 0 Å². The van der Waals surface area contributed by atoms with E-state index in [0.717, 1.165) is 36.8 Å². The third kappa shape index (κ3) is 5.07. The zero-order chi connectivity index (χ0) is 22.7. The van der Waals surface area contributed by atoms with Crippen molar-refractivity contribution in [1.29, 1.82) is 0 Å². The van der Waals surface area contributed by atoms with Gasteiger partial charge in [-0.3, -0.25) is 9.79 Å². The Hall–Kier alpha value is -2.19. The lowest BCUT2D eigenvalue weighted by Gasteiger charge is -2.36. The number of ketones is 1. The highest BCUT2D eigenvalue weighted by molar-refractivity contribution is 7.88. The van der Waals surface area contributed by atoms with Crippen LogP contribution in [0, 0.1) is 12.8 Å². The van der Waals surface area contributed by atoms with Crippen LogP contribution in [-0.4, -0.2) is 68.4 Å². The summed E-state index contributed by atoms with van der Waals surface area (Å²) in [7, 11) is -3.41. The van der Waals surface area contributed by atoms with E-state index >= 15 is 0 Å². The van der Waals surface area contributed by atoms with Crippen molar-refractivity contribution in [2.45, 2.75) is 51.4 Å². The second kappa shape index (κ2) is 9.75. The molecule has 0 aromatic heterocycles. The van der Waals surface area contributed by atoms with Gasteiger partial charge in [0, 0.05) is 44.9 Å². The minimum Gasteiger partial charge on any atom is -0.484 e. The summed E-state index contributed by atoms with van der Waals surface area (Å²) >= 11 is 0. The number of benzene rings is 1. The van der Waals surface area contributed by atoms with E-state index in [2.05, 4.69) is 9.89 Å². The number of piperazine rings is 1. The highest BCUT2D eigenvalue weighted by Gasteiger charge is 2.33. The quantitative estimate of drug-likeness (QED) is 0.654. The standard InChI is InChI=1S/C24H33N3O4S/c1-18-7-3-4-8-20(18)17-32(29,30)27-13-11-26(12-14-27)22-16-25-15-19(2)23(28)24(22)31-21-9-5-6-10-21/h3-4,7-8,16,19,21H,5-6,9-15,17H2,1-2H3. The highest BCUT2D eigenvalue weighted by atomic mass is 32.2. The van der Waals surface area contributed by atoms with Gasteiger partial charge in [0.25, 0.3) is 0 Å². The van der Waals surface area contributed by atoms with Crippen molar-refractivity contribution in [3.05, 3.63) is 46.8 Å². The Morgan fingerprint density at radius 1 is 1.09 bits per heavy atom. The van der Waals surface area contributed by atoms with E-state index in [1.165, 1.54) is 0 Å².